The van der Waals surface area contributed by atoms with E-state index in [1.54, 1.807) is 36.4 Å². The van der Waals surface area contributed by atoms with Crippen molar-refractivity contribution in [3.8, 4) is 23.1 Å². The van der Waals surface area contributed by atoms with Gasteiger partial charge in [0.1, 0.15) is 5.58 Å². The number of hydrogen-bond acceptors (Lipinski definition) is 7. The summed E-state index contributed by atoms with van der Waals surface area (Å²) in [6.45, 7) is 7.39. The number of aliphatic carboxylic acids is 1. The van der Waals surface area contributed by atoms with Crippen molar-refractivity contribution in [2.24, 2.45) is 5.10 Å². The average molecular weight is 616 g/mol. The second-order valence-corrected chi connectivity index (χ2v) is 10.1. The van der Waals surface area contributed by atoms with Gasteiger partial charge in [0.2, 0.25) is 5.82 Å². The van der Waals surface area contributed by atoms with E-state index in [0.29, 0.717) is 57.9 Å². The van der Waals surface area contributed by atoms with Gasteiger partial charge in [-0.3, -0.25) is 4.79 Å². The quantitative estimate of drug-likeness (QED) is 0.142. The lowest BCUT2D eigenvalue weighted by molar-refractivity contribution is -0.144. The van der Waals surface area contributed by atoms with Crippen molar-refractivity contribution in [2.75, 3.05) is 6.61 Å². The van der Waals surface area contributed by atoms with E-state index < -0.39 is 12.1 Å². The van der Waals surface area contributed by atoms with Crippen LogP contribution in [0.1, 0.15) is 25.0 Å². The molecule has 1 N–H and O–H groups in total. The fourth-order valence-electron chi connectivity index (χ4n) is 4.33. The first kappa shape index (κ1) is 27.9. The third-order valence-electron chi connectivity index (χ3n) is 6.24. The Hall–Kier alpha value is -4.70. The number of carboxylic acid groups (broad SMARTS) is 1. The fraction of sp³-hybridized carbons (Fsp3) is 0.161. The topological polar surface area (TPSA) is 116 Å². The van der Waals surface area contributed by atoms with Gasteiger partial charge >= 0.3 is 5.97 Å². The highest BCUT2D eigenvalue weighted by Gasteiger charge is 2.20. The number of rotatable bonds is 10. The van der Waals surface area contributed by atoms with E-state index in [2.05, 4.69) is 27.6 Å². The van der Waals surface area contributed by atoms with Crippen molar-refractivity contribution in [1.29, 1.82) is 0 Å². The van der Waals surface area contributed by atoms with E-state index in [1.807, 2.05) is 37.3 Å². The predicted molar refractivity (Wildman–Crippen MR) is 161 cm³/mol. The van der Waals surface area contributed by atoms with Crippen molar-refractivity contribution in [3.05, 3.63) is 99.3 Å². The zero-order chi connectivity index (χ0) is 29.1. The molecule has 208 valence electrons. The van der Waals surface area contributed by atoms with E-state index in [9.17, 15) is 14.7 Å². The fourth-order valence-corrected chi connectivity index (χ4v) is 4.71. The van der Waals surface area contributed by atoms with Gasteiger partial charge in [0.25, 0.3) is 5.56 Å². The lowest BCUT2D eigenvalue weighted by Crippen LogP contribution is -2.24. The Labute approximate surface area is 243 Å². The molecule has 1 atom stereocenters. The van der Waals surface area contributed by atoms with Gasteiger partial charge in [-0.1, -0.05) is 34.1 Å². The van der Waals surface area contributed by atoms with Crippen molar-refractivity contribution in [3.63, 3.8) is 0 Å². The molecule has 0 unspecified atom stereocenters. The summed E-state index contributed by atoms with van der Waals surface area (Å²) in [5, 5.41) is 15.2. The highest BCUT2D eigenvalue weighted by Crippen LogP contribution is 2.35. The minimum absolute atomic E-state index is 0.240. The van der Waals surface area contributed by atoms with Crippen LogP contribution in [-0.4, -0.2) is 39.7 Å². The number of allylic oxidation sites excluding steroid dienone is 1. The zero-order valence-corrected chi connectivity index (χ0v) is 23.9. The first-order chi connectivity index (χ1) is 19.8. The van der Waals surface area contributed by atoms with Gasteiger partial charge in [0.05, 0.1) is 23.7 Å². The van der Waals surface area contributed by atoms with Crippen LogP contribution < -0.4 is 15.0 Å². The Morgan fingerprint density at radius 3 is 2.78 bits per heavy atom. The molecule has 2 heterocycles. The number of aromatic nitrogens is 2. The molecule has 0 bridgehead atoms. The SMILES string of the molecule is C=CCc1cc(C=Nn2c(-c3cc4cc(Br)ccc4o3)nc3ccccc3c2=O)cc(OCC)c1O[C@H](C)C(=O)O. The molecule has 41 heavy (non-hydrogen) atoms. The largest absolute Gasteiger partial charge is 0.490 e. The maximum Gasteiger partial charge on any atom is 0.344 e. The molecular weight excluding hydrogens is 590 g/mol. The van der Waals surface area contributed by atoms with Crippen molar-refractivity contribution in [1.82, 2.24) is 9.66 Å². The molecule has 0 saturated carbocycles. The molecule has 10 heteroatoms. The minimum atomic E-state index is -1.10. The molecule has 0 aliphatic carbocycles. The summed E-state index contributed by atoms with van der Waals surface area (Å²) in [7, 11) is 0. The number of furan rings is 1. The Morgan fingerprint density at radius 2 is 2.02 bits per heavy atom. The van der Waals surface area contributed by atoms with E-state index >= 15 is 0 Å². The number of carbonyl (C=O) groups is 1. The Bertz CT molecular complexity index is 1870. The molecule has 0 spiro atoms. The highest BCUT2D eigenvalue weighted by molar-refractivity contribution is 9.10. The van der Waals surface area contributed by atoms with Crippen LogP contribution in [0.5, 0.6) is 11.5 Å². The van der Waals surface area contributed by atoms with Crippen molar-refractivity contribution in [2.45, 2.75) is 26.4 Å². The highest BCUT2D eigenvalue weighted by atomic mass is 79.9. The molecule has 0 aliphatic rings. The normalized spacial score (nSPS) is 12.2. The number of fused-ring (bicyclic) bond motifs is 2. The van der Waals surface area contributed by atoms with Crippen LogP contribution in [0.15, 0.2) is 92.1 Å². The lowest BCUT2D eigenvalue weighted by atomic mass is 10.1. The molecule has 0 saturated heterocycles. The molecule has 0 radical (unpaired) electrons. The van der Waals surface area contributed by atoms with Crippen molar-refractivity contribution >= 4 is 50.0 Å². The van der Waals surface area contributed by atoms with Gasteiger partial charge in [-0.05, 0) is 74.4 Å². The van der Waals surface area contributed by atoms with Crippen LogP contribution in [0, 0.1) is 0 Å². The molecule has 5 rings (SSSR count). The van der Waals surface area contributed by atoms with Crippen LogP contribution in [0.4, 0.5) is 0 Å². The van der Waals surface area contributed by atoms with Gasteiger partial charge in [0, 0.05) is 15.4 Å². The smallest absolute Gasteiger partial charge is 0.344 e. The summed E-state index contributed by atoms with van der Waals surface area (Å²) in [6.07, 6.45) is 2.49. The molecule has 0 aliphatic heterocycles. The van der Waals surface area contributed by atoms with E-state index in [0.717, 1.165) is 9.86 Å². The average Bonchev–Trinajstić information content (AvgIpc) is 3.37. The number of halogens is 1. The summed E-state index contributed by atoms with van der Waals surface area (Å²) in [5.41, 5.74) is 2.05. The van der Waals surface area contributed by atoms with Crippen LogP contribution in [-0.2, 0) is 11.2 Å². The van der Waals surface area contributed by atoms with E-state index in [-0.39, 0.29) is 11.4 Å². The molecule has 3 aromatic carbocycles. The van der Waals surface area contributed by atoms with Crippen molar-refractivity contribution < 1.29 is 23.8 Å². The maximum absolute atomic E-state index is 13.6. The monoisotopic (exact) mass is 615 g/mol. The third kappa shape index (κ3) is 5.78. The first-order valence-corrected chi connectivity index (χ1v) is 13.6. The van der Waals surface area contributed by atoms with Gasteiger partial charge in [-0.25, -0.2) is 9.78 Å². The summed E-state index contributed by atoms with van der Waals surface area (Å²) in [4.78, 5) is 29.8. The molecule has 9 nitrogen and oxygen atoms in total. The molecular formula is C31H26BrN3O6. The summed E-state index contributed by atoms with van der Waals surface area (Å²) in [6, 6.07) is 17.9. The van der Waals surface area contributed by atoms with E-state index in [4.69, 9.17) is 18.9 Å². The zero-order valence-electron chi connectivity index (χ0n) is 22.3. The second-order valence-electron chi connectivity index (χ2n) is 9.14. The summed E-state index contributed by atoms with van der Waals surface area (Å²) in [5.74, 6) is 0.193. The molecule has 0 amide bonds. The molecule has 2 aromatic heterocycles. The van der Waals surface area contributed by atoms with Crippen LogP contribution in [0.2, 0.25) is 0 Å². The van der Waals surface area contributed by atoms with Gasteiger partial charge in [-0.15, -0.1) is 6.58 Å². The van der Waals surface area contributed by atoms with Crippen LogP contribution >= 0.6 is 15.9 Å². The third-order valence-corrected chi connectivity index (χ3v) is 6.73. The number of carboxylic acids is 1. The number of benzene rings is 3. The van der Waals surface area contributed by atoms with Gasteiger partial charge < -0.3 is 19.0 Å². The summed E-state index contributed by atoms with van der Waals surface area (Å²) < 4.78 is 19.7. The van der Waals surface area contributed by atoms with Gasteiger partial charge in [0.15, 0.2) is 23.4 Å². The first-order valence-electron chi connectivity index (χ1n) is 12.8. The lowest BCUT2D eigenvalue weighted by Gasteiger charge is -2.18. The Kier molecular flexibility index (Phi) is 8.02. The number of ether oxygens (including phenoxy) is 2. The van der Waals surface area contributed by atoms with Crippen LogP contribution in [0.3, 0.4) is 0 Å². The number of nitrogens with zero attached hydrogens (tertiary/aromatic N) is 3. The van der Waals surface area contributed by atoms with Crippen LogP contribution in [0.25, 0.3) is 33.5 Å². The minimum Gasteiger partial charge on any atom is -0.490 e. The summed E-state index contributed by atoms with van der Waals surface area (Å²) >= 11 is 3.48. The number of para-hydroxylation sites is 1. The Morgan fingerprint density at radius 1 is 1.22 bits per heavy atom. The Balaban J connectivity index is 1.66. The number of hydrogen-bond donors (Lipinski definition) is 1. The molecule has 0 fully saturated rings. The van der Waals surface area contributed by atoms with E-state index in [1.165, 1.54) is 17.8 Å². The molecule has 5 aromatic rings. The standard InChI is InChI=1S/C31H26BrN3O6/c1-4-8-20-13-19(14-26(39-5-2)28(20)40-18(3)31(37)38)17-33-35-29(34-24-10-7-6-9-23(24)30(35)36)27-16-21-15-22(32)11-12-25(21)41-27/h4,6-7,9-18H,1,5,8H2,2-3H3,(H,37,38)/t18-/m1/s1. The second kappa shape index (κ2) is 11.8. The maximum atomic E-state index is 13.6. The van der Waals surface area contributed by atoms with Gasteiger partial charge in [-0.2, -0.15) is 9.78 Å². The predicted octanol–water partition coefficient (Wildman–Crippen LogP) is 6.43.